The van der Waals surface area contributed by atoms with Crippen LogP contribution in [0.25, 0.3) is 11.3 Å². The van der Waals surface area contributed by atoms with Gasteiger partial charge in [0.2, 0.25) is 0 Å². The Morgan fingerprint density at radius 2 is 1.45 bits per heavy atom. The highest BCUT2D eigenvalue weighted by atomic mass is 16.5. The minimum absolute atomic E-state index is 0.0824. The van der Waals surface area contributed by atoms with Crippen LogP contribution in [0, 0.1) is 23.7 Å². The van der Waals surface area contributed by atoms with E-state index in [1.54, 1.807) is 24.4 Å². The summed E-state index contributed by atoms with van der Waals surface area (Å²) < 4.78 is 17.0. The molecule has 0 spiro atoms. The number of nitrogens with zero attached hydrogens (tertiary/aromatic N) is 1. The van der Waals surface area contributed by atoms with E-state index in [4.69, 9.17) is 14.2 Å². The topological polar surface area (TPSA) is 91.8 Å². The molecule has 0 aliphatic heterocycles. The van der Waals surface area contributed by atoms with Gasteiger partial charge < -0.3 is 14.2 Å². The molecule has 204 valence electrons. The Balaban J connectivity index is 1.41. The highest BCUT2D eigenvalue weighted by Gasteiger charge is 2.32. The molecule has 4 rings (SSSR count). The number of unbranched alkanes of at least 4 members (excludes halogenated alkanes) is 1. The smallest absolute Gasteiger partial charge is 0.314 e. The second-order valence-electron chi connectivity index (χ2n) is 10.7. The lowest BCUT2D eigenvalue weighted by molar-refractivity contribution is -0.152. The monoisotopic (exact) mass is 521 g/mol. The summed E-state index contributed by atoms with van der Waals surface area (Å²) in [6, 6.07) is 10.6. The summed E-state index contributed by atoms with van der Waals surface area (Å²) in [5.74, 6) is 0.241. The molecule has 0 amide bonds. The van der Waals surface area contributed by atoms with E-state index < -0.39 is 0 Å². The summed E-state index contributed by atoms with van der Waals surface area (Å²) >= 11 is 0. The van der Waals surface area contributed by atoms with E-state index in [2.05, 4.69) is 18.8 Å². The molecule has 0 saturated heterocycles. The molecule has 0 unspecified atom stereocenters. The van der Waals surface area contributed by atoms with E-state index in [1.165, 1.54) is 0 Å². The first-order valence-electron chi connectivity index (χ1n) is 14.1. The van der Waals surface area contributed by atoms with Gasteiger partial charge in [-0.25, -0.2) is 0 Å². The molecule has 2 fully saturated rings. The predicted molar refractivity (Wildman–Crippen MR) is 143 cm³/mol. The van der Waals surface area contributed by atoms with E-state index >= 15 is 0 Å². The van der Waals surface area contributed by atoms with Crippen LogP contribution in [0.2, 0.25) is 0 Å². The molecule has 1 aromatic carbocycles. The number of ether oxygens (including phenoxy) is 3. The van der Waals surface area contributed by atoms with Crippen molar-refractivity contribution in [3.63, 3.8) is 0 Å². The minimum Gasteiger partial charge on any atom is -0.465 e. The Hall–Kier alpha value is -3.22. The Labute approximate surface area is 225 Å². The van der Waals surface area contributed by atoms with Crippen molar-refractivity contribution in [2.75, 3.05) is 6.61 Å². The quantitative estimate of drug-likeness (QED) is 0.210. The molecule has 2 saturated carbocycles. The standard InChI is InChI=1S/C31H39NO6/c1-3-4-19-36-29(33)22-12-14-24(15-13-22)31(35)38-28-17-16-25(20-26(28)27-7-5-6-18-32-27)37-30(34)23-10-8-21(2)9-11-23/h5-7,16-18,20-24H,3-4,8-15,19H2,1-2H3. The number of aromatic nitrogens is 1. The van der Waals surface area contributed by atoms with Gasteiger partial charge in [0, 0.05) is 11.8 Å². The van der Waals surface area contributed by atoms with Gasteiger partial charge in [-0.2, -0.15) is 0 Å². The van der Waals surface area contributed by atoms with E-state index in [-0.39, 0.29) is 35.7 Å². The molecular formula is C31H39NO6. The first kappa shape index (κ1) is 27.8. The molecule has 1 heterocycles. The molecule has 2 aliphatic rings. The third-order valence-corrected chi connectivity index (χ3v) is 7.81. The van der Waals surface area contributed by atoms with Gasteiger partial charge in [-0.15, -0.1) is 0 Å². The highest BCUT2D eigenvalue weighted by molar-refractivity contribution is 5.81. The van der Waals surface area contributed by atoms with Crippen molar-refractivity contribution in [1.82, 2.24) is 4.98 Å². The molecule has 7 heteroatoms. The van der Waals surface area contributed by atoms with Crippen LogP contribution in [0.15, 0.2) is 42.6 Å². The fraction of sp³-hybridized carbons (Fsp3) is 0.548. The first-order valence-corrected chi connectivity index (χ1v) is 14.1. The number of rotatable bonds is 9. The lowest BCUT2D eigenvalue weighted by atomic mass is 9.82. The van der Waals surface area contributed by atoms with Gasteiger partial charge in [-0.05, 0) is 94.0 Å². The first-order chi connectivity index (χ1) is 18.4. The average molecular weight is 522 g/mol. The number of esters is 3. The van der Waals surface area contributed by atoms with Crippen LogP contribution in [-0.4, -0.2) is 29.5 Å². The van der Waals surface area contributed by atoms with E-state index in [0.29, 0.717) is 61.0 Å². The van der Waals surface area contributed by atoms with Crippen molar-refractivity contribution >= 4 is 17.9 Å². The van der Waals surface area contributed by atoms with Crippen molar-refractivity contribution in [3.8, 4) is 22.8 Å². The molecule has 0 atom stereocenters. The van der Waals surface area contributed by atoms with E-state index in [9.17, 15) is 14.4 Å². The number of carbonyl (C=O) groups is 3. The summed E-state index contributed by atoms with van der Waals surface area (Å²) in [7, 11) is 0. The Bertz CT molecular complexity index is 1080. The van der Waals surface area contributed by atoms with Gasteiger partial charge in [0.1, 0.15) is 11.5 Å². The molecular weight excluding hydrogens is 482 g/mol. The van der Waals surface area contributed by atoms with Gasteiger partial charge in [0.15, 0.2) is 0 Å². The summed E-state index contributed by atoms with van der Waals surface area (Å²) in [6.07, 6.45) is 9.69. The number of hydrogen-bond donors (Lipinski definition) is 0. The molecule has 7 nitrogen and oxygen atoms in total. The Morgan fingerprint density at radius 1 is 0.816 bits per heavy atom. The maximum atomic E-state index is 13.1. The van der Waals surface area contributed by atoms with Crippen molar-refractivity contribution in [2.24, 2.45) is 23.7 Å². The molecule has 0 bridgehead atoms. The van der Waals surface area contributed by atoms with E-state index in [1.807, 2.05) is 18.2 Å². The van der Waals surface area contributed by atoms with Gasteiger partial charge >= 0.3 is 17.9 Å². The molecule has 0 N–H and O–H groups in total. The van der Waals surface area contributed by atoms with Crippen LogP contribution < -0.4 is 9.47 Å². The number of pyridine rings is 1. The fourth-order valence-electron chi connectivity index (χ4n) is 5.27. The summed E-state index contributed by atoms with van der Waals surface area (Å²) in [4.78, 5) is 42.6. The zero-order valence-electron chi connectivity index (χ0n) is 22.5. The summed E-state index contributed by atoms with van der Waals surface area (Å²) in [5, 5.41) is 0. The zero-order chi connectivity index (χ0) is 26.9. The largest absolute Gasteiger partial charge is 0.465 e. The van der Waals surface area contributed by atoms with Gasteiger partial charge in [0.25, 0.3) is 0 Å². The van der Waals surface area contributed by atoms with Gasteiger partial charge in [0.05, 0.1) is 30.1 Å². The Morgan fingerprint density at radius 3 is 2.08 bits per heavy atom. The van der Waals surface area contributed by atoms with Crippen molar-refractivity contribution in [3.05, 3.63) is 42.6 Å². The molecule has 1 aromatic heterocycles. The lowest BCUT2D eigenvalue weighted by Crippen LogP contribution is -2.29. The number of carbonyl (C=O) groups excluding carboxylic acids is 3. The SMILES string of the molecule is CCCCOC(=O)C1CCC(C(=O)Oc2ccc(OC(=O)C3CCC(C)CC3)cc2-c2ccccn2)CC1. The number of benzene rings is 1. The molecule has 2 aromatic rings. The number of hydrogen-bond acceptors (Lipinski definition) is 7. The second kappa shape index (κ2) is 13.5. The normalized spacial score (nSPS) is 23.3. The van der Waals surface area contributed by atoms with Crippen LogP contribution in [0.3, 0.4) is 0 Å². The van der Waals surface area contributed by atoms with Crippen molar-refractivity contribution < 1.29 is 28.6 Å². The maximum absolute atomic E-state index is 13.1. The van der Waals surface area contributed by atoms with Gasteiger partial charge in [-0.1, -0.05) is 26.3 Å². The maximum Gasteiger partial charge on any atom is 0.314 e. The van der Waals surface area contributed by atoms with Crippen LogP contribution in [0.4, 0.5) is 0 Å². The second-order valence-corrected chi connectivity index (χ2v) is 10.7. The summed E-state index contributed by atoms with van der Waals surface area (Å²) in [6.45, 7) is 4.73. The van der Waals surface area contributed by atoms with Crippen LogP contribution in [-0.2, 0) is 19.1 Å². The predicted octanol–water partition coefficient (Wildman–Crippen LogP) is 6.54. The molecule has 2 aliphatic carbocycles. The zero-order valence-corrected chi connectivity index (χ0v) is 22.5. The average Bonchev–Trinajstić information content (AvgIpc) is 2.94. The van der Waals surface area contributed by atoms with Crippen molar-refractivity contribution in [2.45, 2.75) is 78.1 Å². The van der Waals surface area contributed by atoms with Crippen LogP contribution in [0.5, 0.6) is 11.5 Å². The fourth-order valence-corrected chi connectivity index (χ4v) is 5.27. The third-order valence-electron chi connectivity index (χ3n) is 7.81. The third kappa shape index (κ3) is 7.42. The van der Waals surface area contributed by atoms with Crippen molar-refractivity contribution in [1.29, 1.82) is 0 Å². The molecule has 0 radical (unpaired) electrons. The lowest BCUT2D eigenvalue weighted by Gasteiger charge is -2.26. The van der Waals surface area contributed by atoms with Crippen LogP contribution >= 0.6 is 0 Å². The van der Waals surface area contributed by atoms with Crippen LogP contribution in [0.1, 0.15) is 78.1 Å². The Kier molecular flexibility index (Phi) is 9.91. The highest BCUT2D eigenvalue weighted by Crippen LogP contribution is 2.36. The minimum atomic E-state index is -0.318. The summed E-state index contributed by atoms with van der Waals surface area (Å²) in [5.41, 5.74) is 1.22. The van der Waals surface area contributed by atoms with E-state index in [0.717, 1.165) is 38.5 Å². The molecule has 38 heavy (non-hydrogen) atoms. The van der Waals surface area contributed by atoms with Gasteiger partial charge in [-0.3, -0.25) is 19.4 Å².